The van der Waals surface area contributed by atoms with Gasteiger partial charge in [-0.15, -0.1) is 11.3 Å². The molecule has 2 amide bonds. The fourth-order valence-electron chi connectivity index (χ4n) is 2.20. The van der Waals surface area contributed by atoms with Crippen molar-refractivity contribution >= 4 is 40.6 Å². The smallest absolute Gasteiger partial charge is 0.237 e. The summed E-state index contributed by atoms with van der Waals surface area (Å²) in [6.07, 6.45) is 0.214. The topological polar surface area (TPSA) is 100 Å². The summed E-state index contributed by atoms with van der Waals surface area (Å²) in [6.45, 7) is 1.89. The summed E-state index contributed by atoms with van der Waals surface area (Å²) in [7, 11) is 0. The zero-order chi connectivity index (χ0) is 19.1. The van der Waals surface area contributed by atoms with E-state index >= 15 is 0 Å². The van der Waals surface area contributed by atoms with Crippen LogP contribution in [0, 0.1) is 24.1 Å². The van der Waals surface area contributed by atoms with Crippen LogP contribution in [-0.2, 0) is 16.0 Å². The molecule has 0 saturated heterocycles. The van der Waals surface area contributed by atoms with Crippen molar-refractivity contribution in [1.82, 2.24) is 4.98 Å². The summed E-state index contributed by atoms with van der Waals surface area (Å²) in [5.74, 6) is -1.23. The fourth-order valence-corrected chi connectivity index (χ4v) is 4.32. The van der Waals surface area contributed by atoms with Gasteiger partial charge < -0.3 is 10.6 Å². The Kier molecular flexibility index (Phi) is 7.12. The average molecular weight is 392 g/mol. The number of rotatable bonds is 8. The molecular formula is C17H17FN4O2S2. The van der Waals surface area contributed by atoms with Gasteiger partial charge >= 0.3 is 0 Å². The van der Waals surface area contributed by atoms with Crippen molar-refractivity contribution in [3.63, 3.8) is 0 Å². The van der Waals surface area contributed by atoms with E-state index in [2.05, 4.69) is 4.98 Å². The van der Waals surface area contributed by atoms with Gasteiger partial charge in [-0.25, -0.2) is 9.37 Å². The predicted molar refractivity (Wildman–Crippen MR) is 99.5 cm³/mol. The maximum absolute atomic E-state index is 14.0. The second-order valence-corrected chi connectivity index (χ2v) is 7.63. The predicted octanol–water partition coefficient (Wildman–Crippen LogP) is 2.66. The van der Waals surface area contributed by atoms with Crippen LogP contribution in [0.4, 0.5) is 10.1 Å². The van der Waals surface area contributed by atoms with Gasteiger partial charge in [0.05, 0.1) is 36.0 Å². The summed E-state index contributed by atoms with van der Waals surface area (Å²) in [6, 6.07) is 7.93. The van der Waals surface area contributed by atoms with Crippen molar-refractivity contribution in [3.05, 3.63) is 40.7 Å². The number of thioether (sulfide) groups is 1. The van der Waals surface area contributed by atoms with Gasteiger partial charge in [0.2, 0.25) is 11.8 Å². The van der Waals surface area contributed by atoms with Gasteiger partial charge in [0, 0.05) is 11.4 Å². The lowest BCUT2D eigenvalue weighted by atomic mass is 10.2. The van der Waals surface area contributed by atoms with E-state index in [4.69, 9.17) is 11.0 Å². The average Bonchev–Trinajstić information content (AvgIpc) is 2.94. The maximum Gasteiger partial charge on any atom is 0.237 e. The highest BCUT2D eigenvalue weighted by Crippen LogP contribution is 2.28. The first-order valence-corrected chi connectivity index (χ1v) is 9.51. The Morgan fingerprint density at radius 2 is 2.15 bits per heavy atom. The van der Waals surface area contributed by atoms with Crippen LogP contribution in [0.5, 0.6) is 0 Å². The Morgan fingerprint density at radius 3 is 2.81 bits per heavy atom. The zero-order valence-electron chi connectivity index (χ0n) is 14.1. The number of nitrogens with two attached hydrogens (primary N) is 1. The van der Waals surface area contributed by atoms with Gasteiger partial charge in [-0.2, -0.15) is 5.26 Å². The van der Waals surface area contributed by atoms with E-state index in [1.165, 1.54) is 40.1 Å². The molecule has 9 heteroatoms. The molecule has 0 radical (unpaired) electrons. The molecule has 26 heavy (non-hydrogen) atoms. The first-order chi connectivity index (χ1) is 12.4. The van der Waals surface area contributed by atoms with E-state index in [1.807, 2.05) is 6.07 Å². The van der Waals surface area contributed by atoms with Gasteiger partial charge in [-0.1, -0.05) is 23.9 Å². The first-order valence-electron chi connectivity index (χ1n) is 7.71. The Morgan fingerprint density at radius 1 is 1.42 bits per heavy atom. The van der Waals surface area contributed by atoms with E-state index < -0.39 is 11.7 Å². The number of carbonyl (C=O) groups is 2. The van der Waals surface area contributed by atoms with E-state index in [9.17, 15) is 14.0 Å². The van der Waals surface area contributed by atoms with E-state index in [0.717, 1.165) is 4.88 Å². The van der Waals surface area contributed by atoms with Gasteiger partial charge in [0.15, 0.2) is 4.34 Å². The van der Waals surface area contributed by atoms with Gasteiger partial charge in [-0.3, -0.25) is 9.59 Å². The molecule has 0 atom stereocenters. The second-order valence-electron chi connectivity index (χ2n) is 5.33. The highest BCUT2D eigenvalue weighted by molar-refractivity contribution is 8.01. The molecule has 0 aliphatic carbocycles. The van der Waals surface area contributed by atoms with Crippen molar-refractivity contribution in [1.29, 1.82) is 5.26 Å². The number of anilines is 1. The Labute approximate surface area is 158 Å². The highest BCUT2D eigenvalue weighted by atomic mass is 32.2. The quantitative estimate of drug-likeness (QED) is 0.696. The van der Waals surface area contributed by atoms with Crippen molar-refractivity contribution in [2.24, 2.45) is 5.73 Å². The second kappa shape index (κ2) is 9.31. The normalized spacial score (nSPS) is 10.3. The number of hydrogen-bond acceptors (Lipinski definition) is 6. The molecule has 0 aliphatic heterocycles. The first kappa shape index (κ1) is 19.9. The van der Waals surface area contributed by atoms with Crippen molar-refractivity contribution < 1.29 is 14.0 Å². The van der Waals surface area contributed by atoms with Crippen LogP contribution in [-0.4, -0.2) is 29.1 Å². The maximum atomic E-state index is 14.0. The lowest BCUT2D eigenvalue weighted by Gasteiger charge is -2.21. The number of primary amides is 1. The van der Waals surface area contributed by atoms with Crippen LogP contribution in [0.3, 0.4) is 0 Å². The molecular weight excluding hydrogens is 375 g/mol. The summed E-state index contributed by atoms with van der Waals surface area (Å²) in [5.41, 5.74) is 6.06. The molecule has 6 nitrogen and oxygen atoms in total. The number of hydrogen-bond donors (Lipinski definition) is 1. The molecule has 136 valence electrons. The standard InChI is InChI=1S/C17H17FN4O2S2/c1-11-14(9-15(20)23)26-17(21-11)25-10-16(24)22(8-4-7-19)13-6-3-2-5-12(13)18/h2-3,5-6H,4,8-10H2,1H3,(H2,20,23). The van der Waals surface area contributed by atoms with Crippen molar-refractivity contribution in [2.45, 2.75) is 24.1 Å². The highest BCUT2D eigenvalue weighted by Gasteiger charge is 2.20. The molecule has 1 aromatic heterocycles. The van der Waals surface area contributed by atoms with Gasteiger partial charge in [0.25, 0.3) is 0 Å². The molecule has 0 unspecified atom stereocenters. The summed E-state index contributed by atoms with van der Waals surface area (Å²) < 4.78 is 14.7. The minimum absolute atomic E-state index is 0.0444. The minimum Gasteiger partial charge on any atom is -0.369 e. The lowest BCUT2D eigenvalue weighted by Crippen LogP contribution is -2.34. The number of nitriles is 1. The summed E-state index contributed by atoms with van der Waals surface area (Å²) in [5, 5.41) is 8.79. The van der Waals surface area contributed by atoms with Crippen LogP contribution >= 0.6 is 23.1 Å². The molecule has 0 bridgehead atoms. The Hall–Kier alpha value is -2.44. The van der Waals surface area contributed by atoms with Gasteiger partial charge in [-0.05, 0) is 19.1 Å². The number of thiazole rings is 1. The van der Waals surface area contributed by atoms with Crippen LogP contribution in [0.25, 0.3) is 0 Å². The SMILES string of the molecule is Cc1nc(SCC(=O)N(CCC#N)c2ccccc2F)sc1CC(N)=O. The van der Waals surface area contributed by atoms with E-state index in [0.29, 0.717) is 10.0 Å². The molecule has 0 fully saturated rings. The molecule has 2 aromatic rings. The third-order valence-electron chi connectivity index (χ3n) is 3.42. The number of para-hydroxylation sites is 1. The van der Waals surface area contributed by atoms with E-state index in [1.54, 1.807) is 19.1 Å². The van der Waals surface area contributed by atoms with Gasteiger partial charge in [0.1, 0.15) is 5.82 Å². The number of amides is 2. The summed E-state index contributed by atoms with van der Waals surface area (Å²) >= 11 is 2.52. The largest absolute Gasteiger partial charge is 0.369 e. The summed E-state index contributed by atoms with van der Waals surface area (Å²) in [4.78, 5) is 30.0. The minimum atomic E-state index is -0.516. The van der Waals surface area contributed by atoms with Crippen LogP contribution in [0.2, 0.25) is 0 Å². The van der Waals surface area contributed by atoms with Crippen molar-refractivity contribution in [2.75, 3.05) is 17.2 Å². The lowest BCUT2D eigenvalue weighted by molar-refractivity contribution is -0.117. The van der Waals surface area contributed by atoms with Crippen LogP contribution in [0.15, 0.2) is 28.6 Å². The molecule has 2 N–H and O–H groups in total. The molecule has 0 aliphatic rings. The van der Waals surface area contributed by atoms with E-state index in [-0.39, 0.29) is 36.7 Å². The number of carbonyl (C=O) groups excluding carboxylic acids is 2. The number of aromatic nitrogens is 1. The molecule has 2 rings (SSSR count). The Bertz CT molecular complexity index is 848. The zero-order valence-corrected chi connectivity index (χ0v) is 15.7. The molecule has 1 aromatic carbocycles. The number of nitrogens with zero attached hydrogens (tertiary/aromatic N) is 3. The number of aryl methyl sites for hydroxylation is 1. The molecule has 1 heterocycles. The third-order valence-corrected chi connectivity index (χ3v) is 5.70. The third kappa shape index (κ3) is 5.28. The number of halogens is 1. The van der Waals surface area contributed by atoms with Crippen molar-refractivity contribution in [3.8, 4) is 6.07 Å². The fraction of sp³-hybridized carbons (Fsp3) is 0.294. The number of benzene rings is 1. The monoisotopic (exact) mass is 392 g/mol. The van der Waals surface area contributed by atoms with Crippen LogP contribution < -0.4 is 10.6 Å². The molecule has 0 saturated carbocycles. The molecule has 0 spiro atoms. The van der Waals surface area contributed by atoms with Crippen LogP contribution in [0.1, 0.15) is 17.0 Å². The Balaban J connectivity index is 2.09.